The first-order valence-corrected chi connectivity index (χ1v) is 7.85. The lowest BCUT2D eigenvalue weighted by atomic mass is 9.97. The second-order valence-electron chi connectivity index (χ2n) is 5.28. The van der Waals surface area contributed by atoms with Gasteiger partial charge in [-0.3, -0.25) is 4.79 Å². The molecule has 1 aliphatic heterocycles. The molecular formula is C15H21Cl3N2O2. The number of rotatable bonds is 5. The van der Waals surface area contributed by atoms with Gasteiger partial charge in [0.05, 0.1) is 0 Å². The van der Waals surface area contributed by atoms with Gasteiger partial charge in [-0.05, 0) is 50.6 Å². The third kappa shape index (κ3) is 5.84. The van der Waals surface area contributed by atoms with Crippen molar-refractivity contribution in [1.82, 2.24) is 10.2 Å². The van der Waals surface area contributed by atoms with E-state index >= 15 is 0 Å². The predicted octanol–water partition coefficient (Wildman–Crippen LogP) is 3.25. The van der Waals surface area contributed by atoms with Crippen LogP contribution in [0.5, 0.6) is 5.75 Å². The average molecular weight is 368 g/mol. The van der Waals surface area contributed by atoms with E-state index in [-0.39, 0.29) is 24.9 Å². The summed E-state index contributed by atoms with van der Waals surface area (Å²) in [6.45, 7) is 2.63. The second-order valence-corrected chi connectivity index (χ2v) is 6.15. The standard InChI is InChI=1S/C15H20Cl2N2O2.ClH/c1-18-9-11-2-4-19(5-3-11)15(20)10-21-14-7-12(16)6-13(17)8-14;/h6-8,11,18H,2-5,9-10H2,1H3;1H. The predicted molar refractivity (Wildman–Crippen MR) is 92.4 cm³/mol. The zero-order valence-electron chi connectivity index (χ0n) is 12.5. The van der Waals surface area contributed by atoms with Gasteiger partial charge in [0.1, 0.15) is 5.75 Å². The van der Waals surface area contributed by atoms with Crippen molar-refractivity contribution >= 4 is 41.5 Å². The van der Waals surface area contributed by atoms with E-state index in [1.807, 2.05) is 11.9 Å². The van der Waals surface area contributed by atoms with Gasteiger partial charge in [0.25, 0.3) is 5.91 Å². The Kier molecular flexibility index (Phi) is 8.33. The van der Waals surface area contributed by atoms with Crippen LogP contribution in [0.25, 0.3) is 0 Å². The number of ether oxygens (including phenoxy) is 1. The second kappa shape index (κ2) is 9.46. The summed E-state index contributed by atoms with van der Waals surface area (Å²) in [5, 5.41) is 4.18. The number of piperidine rings is 1. The van der Waals surface area contributed by atoms with E-state index in [2.05, 4.69) is 5.32 Å². The Morgan fingerprint density at radius 3 is 2.41 bits per heavy atom. The third-order valence-electron chi connectivity index (χ3n) is 3.66. The summed E-state index contributed by atoms with van der Waals surface area (Å²) in [6.07, 6.45) is 2.07. The molecule has 1 fully saturated rings. The smallest absolute Gasteiger partial charge is 0.260 e. The highest BCUT2D eigenvalue weighted by Crippen LogP contribution is 2.24. The molecule has 0 unspecified atom stereocenters. The number of halogens is 3. The number of likely N-dealkylation sites (tertiary alicyclic amines) is 1. The average Bonchev–Trinajstić information content (AvgIpc) is 2.45. The molecule has 0 aliphatic carbocycles. The van der Waals surface area contributed by atoms with Crippen LogP contribution < -0.4 is 10.1 Å². The highest BCUT2D eigenvalue weighted by atomic mass is 35.5. The molecule has 0 saturated carbocycles. The molecule has 0 atom stereocenters. The molecule has 22 heavy (non-hydrogen) atoms. The molecule has 124 valence electrons. The largest absolute Gasteiger partial charge is 0.484 e. The van der Waals surface area contributed by atoms with E-state index in [4.69, 9.17) is 27.9 Å². The van der Waals surface area contributed by atoms with Gasteiger partial charge in [0.2, 0.25) is 0 Å². The van der Waals surface area contributed by atoms with Crippen molar-refractivity contribution in [2.24, 2.45) is 5.92 Å². The number of benzene rings is 1. The minimum Gasteiger partial charge on any atom is -0.484 e. The molecule has 1 amide bonds. The summed E-state index contributed by atoms with van der Waals surface area (Å²) in [4.78, 5) is 14.0. The van der Waals surface area contributed by atoms with Crippen LogP contribution in [0, 0.1) is 5.92 Å². The van der Waals surface area contributed by atoms with Gasteiger partial charge in [-0.25, -0.2) is 0 Å². The topological polar surface area (TPSA) is 41.6 Å². The van der Waals surface area contributed by atoms with Crippen molar-refractivity contribution in [2.45, 2.75) is 12.8 Å². The molecule has 2 rings (SSSR count). The van der Waals surface area contributed by atoms with Crippen molar-refractivity contribution in [3.63, 3.8) is 0 Å². The number of amides is 1. The lowest BCUT2D eigenvalue weighted by Crippen LogP contribution is -2.42. The molecule has 1 aliphatic rings. The monoisotopic (exact) mass is 366 g/mol. The maximum absolute atomic E-state index is 12.1. The van der Waals surface area contributed by atoms with E-state index in [1.165, 1.54) is 0 Å². The number of nitrogens with zero attached hydrogens (tertiary/aromatic N) is 1. The van der Waals surface area contributed by atoms with Gasteiger partial charge in [-0.2, -0.15) is 0 Å². The minimum atomic E-state index is 0. The van der Waals surface area contributed by atoms with Crippen LogP contribution in [0.4, 0.5) is 0 Å². The van der Waals surface area contributed by atoms with Gasteiger partial charge in [-0.15, -0.1) is 12.4 Å². The van der Waals surface area contributed by atoms with Gasteiger partial charge < -0.3 is 15.0 Å². The molecule has 1 aromatic carbocycles. The number of carbonyl (C=O) groups is 1. The van der Waals surface area contributed by atoms with Crippen LogP contribution in [-0.4, -0.2) is 44.1 Å². The minimum absolute atomic E-state index is 0. The number of nitrogens with one attached hydrogen (secondary N) is 1. The zero-order valence-corrected chi connectivity index (χ0v) is 14.8. The quantitative estimate of drug-likeness (QED) is 0.868. The summed E-state index contributed by atoms with van der Waals surface area (Å²) in [5.41, 5.74) is 0. The highest BCUT2D eigenvalue weighted by Gasteiger charge is 2.22. The number of hydrogen-bond acceptors (Lipinski definition) is 3. The van der Waals surface area contributed by atoms with Gasteiger partial charge >= 0.3 is 0 Å². The molecule has 0 radical (unpaired) electrons. The number of hydrogen-bond donors (Lipinski definition) is 1. The molecule has 1 heterocycles. The third-order valence-corrected chi connectivity index (χ3v) is 4.09. The van der Waals surface area contributed by atoms with E-state index in [0.29, 0.717) is 21.7 Å². The SMILES string of the molecule is CNCC1CCN(C(=O)COc2cc(Cl)cc(Cl)c2)CC1.Cl. The molecule has 1 saturated heterocycles. The van der Waals surface area contributed by atoms with Crippen molar-refractivity contribution < 1.29 is 9.53 Å². The fourth-order valence-electron chi connectivity index (χ4n) is 2.52. The van der Waals surface area contributed by atoms with Crippen LogP contribution in [0.1, 0.15) is 12.8 Å². The van der Waals surface area contributed by atoms with Crippen LogP contribution in [0.15, 0.2) is 18.2 Å². The first kappa shape index (κ1) is 19.4. The van der Waals surface area contributed by atoms with Crippen molar-refractivity contribution in [3.05, 3.63) is 28.2 Å². The summed E-state index contributed by atoms with van der Waals surface area (Å²) >= 11 is 11.8. The normalized spacial score (nSPS) is 15.3. The van der Waals surface area contributed by atoms with Gasteiger partial charge in [0, 0.05) is 23.1 Å². The molecule has 1 aromatic rings. The van der Waals surface area contributed by atoms with Crippen LogP contribution in [0.3, 0.4) is 0 Å². The van der Waals surface area contributed by atoms with Crippen molar-refractivity contribution in [3.8, 4) is 5.75 Å². The maximum atomic E-state index is 12.1. The zero-order chi connectivity index (χ0) is 15.2. The van der Waals surface area contributed by atoms with Crippen LogP contribution >= 0.6 is 35.6 Å². The molecule has 4 nitrogen and oxygen atoms in total. The summed E-state index contributed by atoms with van der Waals surface area (Å²) in [6, 6.07) is 4.93. The Bertz CT molecular complexity index is 471. The first-order valence-electron chi connectivity index (χ1n) is 7.09. The lowest BCUT2D eigenvalue weighted by molar-refractivity contribution is -0.134. The van der Waals surface area contributed by atoms with E-state index in [9.17, 15) is 4.79 Å². The molecule has 0 bridgehead atoms. The van der Waals surface area contributed by atoms with E-state index < -0.39 is 0 Å². The summed E-state index contributed by atoms with van der Waals surface area (Å²) in [5.74, 6) is 1.19. The van der Waals surface area contributed by atoms with E-state index in [0.717, 1.165) is 32.5 Å². The van der Waals surface area contributed by atoms with Crippen LogP contribution in [0.2, 0.25) is 10.0 Å². The molecule has 0 aromatic heterocycles. The highest BCUT2D eigenvalue weighted by molar-refractivity contribution is 6.34. The fraction of sp³-hybridized carbons (Fsp3) is 0.533. The lowest BCUT2D eigenvalue weighted by Gasteiger charge is -2.31. The molecule has 1 N–H and O–H groups in total. The molecule has 0 spiro atoms. The van der Waals surface area contributed by atoms with Gasteiger partial charge in [0.15, 0.2) is 6.61 Å². The van der Waals surface area contributed by atoms with E-state index in [1.54, 1.807) is 18.2 Å². The first-order chi connectivity index (χ1) is 10.1. The Morgan fingerprint density at radius 2 is 1.86 bits per heavy atom. The van der Waals surface area contributed by atoms with Gasteiger partial charge in [-0.1, -0.05) is 23.2 Å². The molecule has 7 heteroatoms. The summed E-state index contributed by atoms with van der Waals surface area (Å²) in [7, 11) is 1.96. The maximum Gasteiger partial charge on any atom is 0.260 e. The molecular weight excluding hydrogens is 347 g/mol. The van der Waals surface area contributed by atoms with Crippen molar-refractivity contribution in [2.75, 3.05) is 33.3 Å². The fourth-order valence-corrected chi connectivity index (χ4v) is 3.03. The Morgan fingerprint density at radius 1 is 1.27 bits per heavy atom. The van der Waals surface area contributed by atoms with Crippen LogP contribution in [-0.2, 0) is 4.79 Å². The number of carbonyl (C=O) groups excluding carboxylic acids is 1. The Hall–Kier alpha value is -0.680. The Balaban J connectivity index is 0.00000242. The van der Waals surface area contributed by atoms with Crippen molar-refractivity contribution in [1.29, 1.82) is 0 Å². The summed E-state index contributed by atoms with van der Waals surface area (Å²) < 4.78 is 5.48. The Labute approximate surface area is 147 Å².